The lowest BCUT2D eigenvalue weighted by Crippen LogP contribution is -2.41. The Morgan fingerprint density at radius 3 is 1.97 bits per heavy atom. The predicted octanol–water partition coefficient (Wildman–Crippen LogP) is 3.76. The van der Waals surface area contributed by atoms with Crippen LogP contribution in [0.5, 0.6) is 0 Å². The number of amides is 4. The van der Waals surface area contributed by atoms with E-state index in [0.717, 1.165) is 5.06 Å². The van der Waals surface area contributed by atoms with Crippen LogP contribution in [0.2, 0.25) is 0 Å². The molecule has 0 unspecified atom stereocenters. The molecule has 0 saturated heterocycles. The number of ether oxygens (including phenoxy) is 2. The lowest BCUT2D eigenvalue weighted by Gasteiger charge is -2.27. The zero-order chi connectivity index (χ0) is 25.5. The van der Waals surface area contributed by atoms with Crippen molar-refractivity contribution in [3.8, 4) is 0 Å². The Bertz CT molecular complexity index is 868. The first kappa shape index (κ1) is 27.1. The molecule has 10 nitrogen and oxygen atoms in total. The number of carbonyl (C=O) groups is 4. The van der Waals surface area contributed by atoms with Crippen LogP contribution < -0.4 is 5.32 Å². The van der Waals surface area contributed by atoms with Crippen LogP contribution in [0.15, 0.2) is 24.3 Å². The number of nitrogens with zero attached hydrogens (tertiary/aromatic N) is 2. The Labute approximate surface area is 200 Å². The van der Waals surface area contributed by atoms with Crippen molar-refractivity contribution in [3.63, 3.8) is 0 Å². The molecule has 0 bridgehead atoms. The average Bonchev–Trinajstić information content (AvgIpc) is 2.94. The minimum absolute atomic E-state index is 0.0686. The summed E-state index contributed by atoms with van der Waals surface area (Å²) in [6, 6.07) is 6.49. The zero-order valence-electron chi connectivity index (χ0n) is 20.8. The first-order valence-corrected chi connectivity index (χ1v) is 11.3. The maximum atomic E-state index is 12.6. The molecule has 2 rings (SSSR count). The van der Waals surface area contributed by atoms with Gasteiger partial charge in [0, 0.05) is 19.6 Å². The van der Waals surface area contributed by atoms with Gasteiger partial charge in [-0.3, -0.25) is 14.4 Å². The minimum atomic E-state index is -0.684. The highest BCUT2D eigenvalue weighted by atomic mass is 16.7. The van der Waals surface area contributed by atoms with Gasteiger partial charge in [-0.2, -0.15) is 0 Å². The molecule has 10 heteroatoms. The molecular formula is C24H35N3O7. The van der Waals surface area contributed by atoms with Gasteiger partial charge in [-0.05, 0) is 66.5 Å². The van der Waals surface area contributed by atoms with Crippen molar-refractivity contribution >= 4 is 24.0 Å². The van der Waals surface area contributed by atoms with Crippen molar-refractivity contribution in [2.24, 2.45) is 0 Å². The van der Waals surface area contributed by atoms with Gasteiger partial charge < -0.3 is 19.7 Å². The third-order valence-corrected chi connectivity index (χ3v) is 4.51. The molecule has 1 N–H and O–H groups in total. The molecule has 1 aromatic rings. The molecule has 0 aromatic heterocycles. The maximum absolute atomic E-state index is 12.6. The van der Waals surface area contributed by atoms with Crippen molar-refractivity contribution in [2.45, 2.75) is 65.6 Å². The van der Waals surface area contributed by atoms with E-state index in [4.69, 9.17) is 14.3 Å². The molecule has 1 aliphatic heterocycles. The monoisotopic (exact) mass is 477 g/mol. The first-order chi connectivity index (χ1) is 15.8. The van der Waals surface area contributed by atoms with Gasteiger partial charge in [-0.25, -0.2) is 9.59 Å². The summed E-state index contributed by atoms with van der Waals surface area (Å²) in [6.07, 6.45) is 0.171. The van der Waals surface area contributed by atoms with Gasteiger partial charge >= 0.3 is 12.2 Å². The summed E-state index contributed by atoms with van der Waals surface area (Å²) in [7, 11) is 0. The molecule has 0 fully saturated rings. The number of unbranched alkanes of at least 4 members (excludes halogenated alkanes) is 1. The molecule has 1 heterocycles. The average molecular weight is 478 g/mol. The third-order valence-electron chi connectivity index (χ3n) is 4.51. The lowest BCUT2D eigenvalue weighted by molar-refractivity contribution is -0.0956. The zero-order valence-corrected chi connectivity index (χ0v) is 20.8. The predicted molar refractivity (Wildman–Crippen MR) is 124 cm³/mol. The SMILES string of the molecule is CC(C)(C)OC(=O)NCCCCN(CCON1C(=O)c2ccccc2C1=O)C(=O)OC(C)(C)C. The van der Waals surface area contributed by atoms with Gasteiger partial charge in [0.1, 0.15) is 11.2 Å². The fourth-order valence-corrected chi connectivity index (χ4v) is 3.08. The van der Waals surface area contributed by atoms with E-state index < -0.39 is 35.2 Å². The smallest absolute Gasteiger partial charge is 0.410 e. The highest BCUT2D eigenvalue weighted by Crippen LogP contribution is 2.22. The van der Waals surface area contributed by atoms with E-state index in [1.165, 1.54) is 4.90 Å². The Kier molecular flexibility index (Phi) is 9.03. The van der Waals surface area contributed by atoms with E-state index in [1.807, 2.05) is 0 Å². The molecule has 0 spiro atoms. The fraction of sp³-hybridized carbons (Fsp3) is 0.583. The van der Waals surface area contributed by atoms with E-state index in [1.54, 1.807) is 65.8 Å². The number of fused-ring (bicyclic) bond motifs is 1. The molecule has 34 heavy (non-hydrogen) atoms. The third kappa shape index (κ3) is 8.33. The molecule has 188 valence electrons. The van der Waals surface area contributed by atoms with E-state index in [-0.39, 0.29) is 24.3 Å². The van der Waals surface area contributed by atoms with Crippen LogP contribution in [-0.2, 0) is 14.3 Å². The van der Waals surface area contributed by atoms with Crippen LogP contribution in [0.3, 0.4) is 0 Å². The second-order valence-corrected chi connectivity index (χ2v) is 9.89. The van der Waals surface area contributed by atoms with Crippen molar-refractivity contribution in [2.75, 3.05) is 26.2 Å². The summed E-state index contributed by atoms with van der Waals surface area (Å²) in [5, 5.41) is 3.40. The van der Waals surface area contributed by atoms with E-state index in [0.29, 0.717) is 25.9 Å². The van der Waals surface area contributed by atoms with Crippen molar-refractivity contribution in [3.05, 3.63) is 35.4 Å². The lowest BCUT2D eigenvalue weighted by atomic mass is 10.1. The largest absolute Gasteiger partial charge is 0.444 e. The molecular weight excluding hydrogens is 442 g/mol. The molecule has 1 aromatic carbocycles. The Morgan fingerprint density at radius 2 is 1.44 bits per heavy atom. The topological polar surface area (TPSA) is 114 Å². The quantitative estimate of drug-likeness (QED) is 0.425. The van der Waals surface area contributed by atoms with Crippen LogP contribution in [0, 0.1) is 0 Å². The highest BCUT2D eigenvalue weighted by molar-refractivity contribution is 6.20. The number of carbonyl (C=O) groups excluding carboxylic acids is 4. The van der Waals surface area contributed by atoms with Gasteiger partial charge in [0.25, 0.3) is 11.8 Å². The number of imide groups is 1. The molecule has 0 radical (unpaired) electrons. The number of benzene rings is 1. The van der Waals surface area contributed by atoms with E-state index >= 15 is 0 Å². The van der Waals surface area contributed by atoms with Crippen LogP contribution in [-0.4, -0.2) is 71.4 Å². The van der Waals surface area contributed by atoms with Gasteiger partial charge in [0.2, 0.25) is 0 Å². The van der Waals surface area contributed by atoms with Crippen LogP contribution in [0.25, 0.3) is 0 Å². The summed E-state index contributed by atoms with van der Waals surface area (Å²) < 4.78 is 10.6. The summed E-state index contributed by atoms with van der Waals surface area (Å²) in [5.74, 6) is -1.06. The summed E-state index contributed by atoms with van der Waals surface area (Å²) in [4.78, 5) is 56.1. The Hall–Kier alpha value is -3.14. The van der Waals surface area contributed by atoms with Crippen LogP contribution in [0.4, 0.5) is 9.59 Å². The van der Waals surface area contributed by atoms with Crippen molar-refractivity contribution < 1.29 is 33.5 Å². The first-order valence-electron chi connectivity index (χ1n) is 11.3. The maximum Gasteiger partial charge on any atom is 0.410 e. The Balaban J connectivity index is 1.85. The van der Waals surface area contributed by atoms with Gasteiger partial charge in [0.05, 0.1) is 17.7 Å². The summed E-state index contributed by atoms with van der Waals surface area (Å²) in [6.45, 7) is 11.4. The summed E-state index contributed by atoms with van der Waals surface area (Å²) >= 11 is 0. The van der Waals surface area contributed by atoms with Gasteiger partial charge in [-0.15, -0.1) is 5.06 Å². The van der Waals surface area contributed by atoms with Crippen LogP contribution >= 0.6 is 0 Å². The number of rotatable bonds is 9. The Morgan fingerprint density at radius 1 is 0.882 bits per heavy atom. The highest BCUT2D eigenvalue weighted by Gasteiger charge is 2.36. The van der Waals surface area contributed by atoms with Crippen LogP contribution in [0.1, 0.15) is 75.1 Å². The van der Waals surface area contributed by atoms with Crippen molar-refractivity contribution in [1.82, 2.24) is 15.3 Å². The minimum Gasteiger partial charge on any atom is -0.444 e. The van der Waals surface area contributed by atoms with E-state index in [9.17, 15) is 19.2 Å². The standard InChI is InChI=1S/C24H35N3O7/c1-23(2,3)33-21(30)25-13-9-10-14-26(22(31)34-24(4,5)6)15-16-32-27-19(28)17-11-7-8-12-18(17)20(27)29/h7-8,11-12H,9-10,13-16H2,1-6H3,(H,25,30). The fourth-order valence-electron chi connectivity index (χ4n) is 3.08. The van der Waals surface area contributed by atoms with Crippen molar-refractivity contribution in [1.29, 1.82) is 0 Å². The normalized spacial score (nSPS) is 13.5. The van der Waals surface area contributed by atoms with Gasteiger partial charge in [-0.1, -0.05) is 12.1 Å². The number of alkyl carbamates (subject to hydrolysis) is 1. The molecule has 4 amide bonds. The molecule has 0 atom stereocenters. The van der Waals surface area contributed by atoms with E-state index in [2.05, 4.69) is 5.32 Å². The number of hydrogen-bond donors (Lipinski definition) is 1. The second-order valence-electron chi connectivity index (χ2n) is 9.89. The molecule has 1 aliphatic rings. The molecule has 0 aliphatic carbocycles. The number of hydrogen-bond acceptors (Lipinski definition) is 7. The molecule has 0 saturated carbocycles. The summed E-state index contributed by atoms with van der Waals surface area (Å²) in [5.41, 5.74) is -0.684. The second kappa shape index (κ2) is 11.3. The number of hydroxylamine groups is 2. The number of nitrogens with one attached hydrogen (secondary N) is 1. The van der Waals surface area contributed by atoms with Gasteiger partial charge in [0.15, 0.2) is 0 Å².